The van der Waals surface area contributed by atoms with Gasteiger partial charge in [-0.15, -0.1) is 0 Å². The maximum absolute atomic E-state index is 12.4. The van der Waals surface area contributed by atoms with E-state index in [2.05, 4.69) is 19.2 Å². The topological polar surface area (TPSA) is 58.6 Å². The number of carbonyl (C=O) groups excluding carboxylic acids is 1. The molecule has 0 heterocycles. The molecule has 2 rings (SSSR count). The van der Waals surface area contributed by atoms with Crippen molar-refractivity contribution in [2.24, 2.45) is 5.92 Å². The fourth-order valence-electron chi connectivity index (χ4n) is 3.37. The highest BCUT2D eigenvalue weighted by atomic mass is 16.5. The van der Waals surface area contributed by atoms with Crippen LogP contribution >= 0.6 is 0 Å². The van der Waals surface area contributed by atoms with Gasteiger partial charge in [0, 0.05) is 6.54 Å². The Kier molecular flexibility index (Phi) is 7.10. The Hall–Kier alpha value is -1.55. The summed E-state index contributed by atoms with van der Waals surface area (Å²) in [5.41, 5.74) is 1.11. The molecule has 4 nitrogen and oxygen atoms in total. The first-order valence-corrected chi connectivity index (χ1v) is 9.24. The number of nitrogens with one attached hydrogen (secondary N) is 1. The third-order valence-electron chi connectivity index (χ3n) is 4.90. The van der Waals surface area contributed by atoms with Gasteiger partial charge in [0.15, 0.2) is 6.10 Å². The highest BCUT2D eigenvalue weighted by Crippen LogP contribution is 2.28. The number of rotatable bonds is 8. The van der Waals surface area contributed by atoms with Gasteiger partial charge in [-0.3, -0.25) is 4.79 Å². The van der Waals surface area contributed by atoms with Gasteiger partial charge < -0.3 is 15.2 Å². The van der Waals surface area contributed by atoms with Crippen LogP contribution < -0.4 is 10.1 Å². The maximum Gasteiger partial charge on any atom is 0.261 e. The minimum Gasteiger partial charge on any atom is -0.480 e. The average Bonchev–Trinajstić information content (AvgIpc) is 3.12. The molecule has 1 aliphatic rings. The molecule has 0 bridgehead atoms. The Bertz CT molecular complexity index is 523. The maximum atomic E-state index is 12.4. The van der Waals surface area contributed by atoms with Crippen molar-refractivity contribution in [3.8, 4) is 5.75 Å². The molecule has 0 aliphatic heterocycles. The van der Waals surface area contributed by atoms with Gasteiger partial charge in [0.1, 0.15) is 5.75 Å². The second-order valence-electron chi connectivity index (χ2n) is 7.06. The summed E-state index contributed by atoms with van der Waals surface area (Å²) in [6, 6.07) is 7.87. The van der Waals surface area contributed by atoms with E-state index < -0.39 is 12.2 Å². The molecule has 2 unspecified atom stereocenters. The van der Waals surface area contributed by atoms with Gasteiger partial charge in [0.25, 0.3) is 5.91 Å². The van der Waals surface area contributed by atoms with E-state index in [1.54, 1.807) is 0 Å². The van der Waals surface area contributed by atoms with E-state index in [0.717, 1.165) is 24.2 Å². The van der Waals surface area contributed by atoms with Gasteiger partial charge in [0.05, 0.1) is 6.10 Å². The molecule has 1 fully saturated rings. The third kappa shape index (κ3) is 4.97. The second-order valence-corrected chi connectivity index (χ2v) is 7.06. The van der Waals surface area contributed by atoms with E-state index in [9.17, 15) is 9.90 Å². The molecule has 4 heteroatoms. The zero-order valence-corrected chi connectivity index (χ0v) is 15.1. The van der Waals surface area contributed by atoms with Crippen molar-refractivity contribution in [1.29, 1.82) is 0 Å². The smallest absolute Gasteiger partial charge is 0.261 e. The van der Waals surface area contributed by atoms with E-state index in [1.807, 2.05) is 31.2 Å². The van der Waals surface area contributed by atoms with Crippen LogP contribution in [0.3, 0.4) is 0 Å². The van der Waals surface area contributed by atoms with E-state index in [4.69, 9.17) is 4.74 Å². The van der Waals surface area contributed by atoms with Gasteiger partial charge in [0.2, 0.25) is 0 Å². The standard InChI is InChI=1S/C20H31NO3/c1-4-18(24-19-12-8-7-11-16(19)14(2)3)20(23)21-13-17(22)15-9-5-6-10-15/h7-8,11-12,14-15,17-18,22H,4-6,9-10,13H2,1-3H3,(H,21,23). The first-order chi connectivity index (χ1) is 11.5. The van der Waals surface area contributed by atoms with E-state index in [0.29, 0.717) is 24.8 Å². The van der Waals surface area contributed by atoms with Gasteiger partial charge in [-0.2, -0.15) is 0 Å². The quantitative estimate of drug-likeness (QED) is 0.764. The zero-order valence-electron chi connectivity index (χ0n) is 15.1. The average molecular weight is 333 g/mol. The number of benzene rings is 1. The van der Waals surface area contributed by atoms with Crippen molar-refractivity contribution < 1.29 is 14.6 Å². The van der Waals surface area contributed by atoms with Crippen molar-refractivity contribution in [1.82, 2.24) is 5.32 Å². The molecule has 0 spiro atoms. The van der Waals surface area contributed by atoms with Crippen molar-refractivity contribution in [3.63, 3.8) is 0 Å². The number of hydrogen-bond donors (Lipinski definition) is 2. The molecule has 1 saturated carbocycles. The number of carbonyl (C=O) groups is 1. The predicted molar refractivity (Wildman–Crippen MR) is 96.2 cm³/mol. The summed E-state index contributed by atoms with van der Waals surface area (Å²) in [6.45, 7) is 6.48. The molecule has 24 heavy (non-hydrogen) atoms. The monoisotopic (exact) mass is 333 g/mol. The summed E-state index contributed by atoms with van der Waals surface area (Å²) in [7, 11) is 0. The Morgan fingerprint density at radius 2 is 1.96 bits per heavy atom. The lowest BCUT2D eigenvalue weighted by Crippen LogP contribution is -2.43. The lowest BCUT2D eigenvalue weighted by molar-refractivity contribution is -0.128. The number of aliphatic hydroxyl groups is 1. The number of para-hydroxylation sites is 1. The summed E-state index contributed by atoms with van der Waals surface area (Å²) in [4.78, 5) is 12.4. The Balaban J connectivity index is 1.91. The molecule has 1 aromatic carbocycles. The summed E-state index contributed by atoms with van der Waals surface area (Å²) < 4.78 is 5.98. The molecule has 1 amide bonds. The minimum absolute atomic E-state index is 0.145. The van der Waals surface area contributed by atoms with E-state index >= 15 is 0 Å². The van der Waals surface area contributed by atoms with Crippen LogP contribution in [0.2, 0.25) is 0 Å². The number of hydrogen-bond acceptors (Lipinski definition) is 3. The van der Waals surface area contributed by atoms with Crippen LogP contribution in [0.4, 0.5) is 0 Å². The fourth-order valence-corrected chi connectivity index (χ4v) is 3.37. The van der Waals surface area contributed by atoms with Crippen LogP contribution in [0.1, 0.15) is 64.4 Å². The highest BCUT2D eigenvalue weighted by Gasteiger charge is 2.25. The Labute approximate surface area is 145 Å². The largest absolute Gasteiger partial charge is 0.480 e. The lowest BCUT2D eigenvalue weighted by atomic mass is 10.0. The molecule has 1 aromatic rings. The normalized spacial score (nSPS) is 17.7. The van der Waals surface area contributed by atoms with Crippen molar-refractivity contribution in [3.05, 3.63) is 29.8 Å². The zero-order chi connectivity index (χ0) is 17.5. The van der Waals surface area contributed by atoms with Crippen molar-refractivity contribution in [2.75, 3.05) is 6.54 Å². The van der Waals surface area contributed by atoms with E-state index in [1.165, 1.54) is 12.8 Å². The molecule has 1 aliphatic carbocycles. The minimum atomic E-state index is -0.527. The second kappa shape index (κ2) is 9.07. The Morgan fingerprint density at radius 3 is 2.58 bits per heavy atom. The fraction of sp³-hybridized carbons (Fsp3) is 0.650. The van der Waals surface area contributed by atoms with Crippen LogP contribution in [-0.4, -0.2) is 29.8 Å². The van der Waals surface area contributed by atoms with Gasteiger partial charge in [-0.1, -0.05) is 51.8 Å². The summed E-state index contributed by atoms with van der Waals surface area (Å²) in [5.74, 6) is 1.29. The van der Waals surface area contributed by atoms with Gasteiger partial charge in [-0.25, -0.2) is 0 Å². The molecule has 2 atom stereocenters. The summed E-state index contributed by atoms with van der Waals surface area (Å²) >= 11 is 0. The van der Waals surface area contributed by atoms with Crippen LogP contribution in [0.15, 0.2) is 24.3 Å². The Morgan fingerprint density at radius 1 is 1.29 bits per heavy atom. The van der Waals surface area contributed by atoms with Crippen molar-refractivity contribution >= 4 is 5.91 Å². The molecular weight excluding hydrogens is 302 g/mol. The van der Waals surface area contributed by atoms with Crippen LogP contribution in [0, 0.1) is 5.92 Å². The molecule has 134 valence electrons. The predicted octanol–water partition coefficient (Wildman–Crippen LogP) is 3.63. The summed E-state index contributed by atoms with van der Waals surface area (Å²) in [6.07, 6.45) is 4.11. The van der Waals surface area contributed by atoms with Crippen LogP contribution in [-0.2, 0) is 4.79 Å². The van der Waals surface area contributed by atoms with Crippen LogP contribution in [0.5, 0.6) is 5.75 Å². The number of aliphatic hydroxyl groups excluding tert-OH is 1. The molecule has 0 radical (unpaired) electrons. The lowest BCUT2D eigenvalue weighted by Gasteiger charge is -2.22. The van der Waals surface area contributed by atoms with Crippen LogP contribution in [0.25, 0.3) is 0 Å². The third-order valence-corrected chi connectivity index (χ3v) is 4.90. The number of ether oxygens (including phenoxy) is 1. The molecule has 0 saturated heterocycles. The molecule has 2 N–H and O–H groups in total. The molecular formula is C20H31NO3. The van der Waals surface area contributed by atoms with Gasteiger partial charge in [-0.05, 0) is 42.7 Å². The van der Waals surface area contributed by atoms with E-state index in [-0.39, 0.29) is 5.91 Å². The first-order valence-electron chi connectivity index (χ1n) is 9.24. The van der Waals surface area contributed by atoms with Crippen molar-refractivity contribution in [2.45, 2.75) is 71.0 Å². The van der Waals surface area contributed by atoms with Gasteiger partial charge >= 0.3 is 0 Å². The number of amides is 1. The molecule has 0 aromatic heterocycles. The highest BCUT2D eigenvalue weighted by molar-refractivity contribution is 5.81. The SMILES string of the molecule is CCC(Oc1ccccc1C(C)C)C(=O)NCC(O)C1CCCC1. The first kappa shape index (κ1) is 18.8. The summed E-state index contributed by atoms with van der Waals surface area (Å²) in [5, 5.41) is 13.1.